The molecule has 1 aromatic heterocycles. The van der Waals surface area contributed by atoms with Crippen LogP contribution < -0.4 is 10.6 Å². The summed E-state index contributed by atoms with van der Waals surface area (Å²) in [5.41, 5.74) is 2.09. The number of nitrogens with zero attached hydrogens (tertiary/aromatic N) is 2. The first kappa shape index (κ1) is 18.9. The summed E-state index contributed by atoms with van der Waals surface area (Å²) >= 11 is 3.22. The van der Waals surface area contributed by atoms with E-state index in [1.165, 1.54) is 6.07 Å². The van der Waals surface area contributed by atoms with E-state index in [0.29, 0.717) is 23.4 Å². The van der Waals surface area contributed by atoms with Crippen LogP contribution in [0.15, 0.2) is 28.7 Å². The van der Waals surface area contributed by atoms with Gasteiger partial charge in [0.1, 0.15) is 0 Å². The maximum Gasteiger partial charge on any atom is 0.337 e. The molecular weight excluding hydrogens is 388 g/mol. The second-order valence-electron chi connectivity index (χ2n) is 5.55. The lowest BCUT2D eigenvalue weighted by Gasteiger charge is -2.09. The molecule has 0 unspecified atom stereocenters. The van der Waals surface area contributed by atoms with Gasteiger partial charge in [0.15, 0.2) is 0 Å². The maximum absolute atomic E-state index is 12.0. The van der Waals surface area contributed by atoms with E-state index in [-0.39, 0.29) is 23.6 Å². The van der Waals surface area contributed by atoms with E-state index >= 15 is 0 Å². The molecule has 0 radical (unpaired) electrons. The molecule has 0 aliphatic carbocycles. The first-order chi connectivity index (χ1) is 11.8. The van der Waals surface area contributed by atoms with Crippen LogP contribution in [0.3, 0.4) is 0 Å². The van der Waals surface area contributed by atoms with Crippen LogP contribution in [0.25, 0.3) is 0 Å². The molecule has 25 heavy (non-hydrogen) atoms. The summed E-state index contributed by atoms with van der Waals surface area (Å²) < 4.78 is 0.639. The van der Waals surface area contributed by atoms with E-state index in [2.05, 4.69) is 36.5 Å². The molecular formula is C17H19BrN4O3. The first-order valence-corrected chi connectivity index (χ1v) is 8.53. The summed E-state index contributed by atoms with van der Waals surface area (Å²) in [6, 6.07) is 6.59. The zero-order chi connectivity index (χ0) is 18.4. The SMILES string of the molecule is Cc1cc(C)nc(NCCCC(=O)Nc2ccc(Br)cc2C(=O)O)n1. The Labute approximate surface area is 154 Å². The largest absolute Gasteiger partial charge is 0.478 e. The highest BCUT2D eigenvalue weighted by molar-refractivity contribution is 9.10. The van der Waals surface area contributed by atoms with Gasteiger partial charge in [-0.2, -0.15) is 0 Å². The van der Waals surface area contributed by atoms with E-state index in [0.717, 1.165) is 11.4 Å². The molecule has 7 nitrogen and oxygen atoms in total. The molecule has 0 spiro atoms. The lowest BCUT2D eigenvalue weighted by atomic mass is 10.1. The number of anilines is 2. The molecule has 2 aromatic rings. The summed E-state index contributed by atoms with van der Waals surface area (Å²) in [7, 11) is 0. The molecule has 2 rings (SSSR count). The fraction of sp³-hybridized carbons (Fsp3) is 0.294. The second-order valence-corrected chi connectivity index (χ2v) is 6.46. The van der Waals surface area contributed by atoms with Crippen molar-refractivity contribution in [3.8, 4) is 0 Å². The lowest BCUT2D eigenvalue weighted by molar-refractivity contribution is -0.116. The smallest absolute Gasteiger partial charge is 0.337 e. The minimum Gasteiger partial charge on any atom is -0.478 e. The Balaban J connectivity index is 1.84. The molecule has 1 heterocycles. The molecule has 0 saturated carbocycles. The zero-order valence-corrected chi connectivity index (χ0v) is 15.6. The van der Waals surface area contributed by atoms with Gasteiger partial charge in [0.05, 0.1) is 11.3 Å². The molecule has 0 atom stereocenters. The summed E-state index contributed by atoms with van der Waals surface area (Å²) in [6.07, 6.45) is 0.827. The van der Waals surface area contributed by atoms with Crippen molar-refractivity contribution in [2.24, 2.45) is 0 Å². The van der Waals surface area contributed by atoms with E-state index in [1.54, 1.807) is 12.1 Å². The summed E-state index contributed by atoms with van der Waals surface area (Å²) in [5.74, 6) is -0.794. The van der Waals surface area contributed by atoms with Gasteiger partial charge in [0.2, 0.25) is 11.9 Å². The highest BCUT2D eigenvalue weighted by atomic mass is 79.9. The number of rotatable bonds is 7. The van der Waals surface area contributed by atoms with Crippen molar-refractivity contribution in [1.29, 1.82) is 0 Å². The van der Waals surface area contributed by atoms with Crippen molar-refractivity contribution < 1.29 is 14.7 Å². The molecule has 0 bridgehead atoms. The third-order valence-electron chi connectivity index (χ3n) is 3.33. The van der Waals surface area contributed by atoms with E-state index in [9.17, 15) is 14.7 Å². The van der Waals surface area contributed by atoms with Crippen LogP contribution in [0.1, 0.15) is 34.6 Å². The van der Waals surface area contributed by atoms with Crippen molar-refractivity contribution >= 4 is 39.4 Å². The number of nitrogens with one attached hydrogen (secondary N) is 2. The number of hydrogen-bond donors (Lipinski definition) is 3. The predicted octanol–water partition coefficient (Wildman–Crippen LogP) is 3.38. The van der Waals surface area contributed by atoms with E-state index in [4.69, 9.17) is 0 Å². The minimum atomic E-state index is -1.09. The number of benzene rings is 1. The highest BCUT2D eigenvalue weighted by Gasteiger charge is 2.13. The standard InChI is InChI=1S/C17H19BrN4O3/c1-10-8-11(2)21-17(20-10)19-7-3-4-15(23)22-14-6-5-12(18)9-13(14)16(24)25/h5-6,8-9H,3-4,7H2,1-2H3,(H,22,23)(H,24,25)(H,19,20,21). The van der Waals surface area contributed by atoms with E-state index in [1.807, 2.05) is 19.9 Å². The molecule has 0 aliphatic heterocycles. The quantitative estimate of drug-likeness (QED) is 0.608. The van der Waals surface area contributed by atoms with Crippen LogP contribution in [0.2, 0.25) is 0 Å². The van der Waals surface area contributed by atoms with E-state index < -0.39 is 5.97 Å². The number of carbonyl (C=O) groups is 2. The van der Waals surface area contributed by atoms with Gasteiger partial charge >= 0.3 is 5.97 Å². The van der Waals surface area contributed by atoms with Crippen LogP contribution in [0.4, 0.5) is 11.6 Å². The number of aromatic carboxylic acids is 1. The molecule has 3 N–H and O–H groups in total. The number of carboxylic acid groups (broad SMARTS) is 1. The summed E-state index contributed by atoms with van der Waals surface area (Å²) in [6.45, 7) is 4.33. The number of carbonyl (C=O) groups excluding carboxylic acids is 1. The molecule has 1 aromatic carbocycles. The first-order valence-electron chi connectivity index (χ1n) is 7.74. The second kappa shape index (κ2) is 8.57. The molecule has 0 fully saturated rings. The highest BCUT2D eigenvalue weighted by Crippen LogP contribution is 2.21. The summed E-state index contributed by atoms with van der Waals surface area (Å²) in [5, 5.41) is 14.9. The van der Waals surface area contributed by atoms with Gasteiger partial charge in [-0.3, -0.25) is 4.79 Å². The fourth-order valence-corrected chi connectivity index (χ4v) is 2.63. The Morgan fingerprint density at radius 1 is 1.16 bits per heavy atom. The molecule has 8 heteroatoms. The minimum absolute atomic E-state index is 0.0458. The van der Waals surface area contributed by atoms with Gasteiger partial charge in [-0.25, -0.2) is 14.8 Å². The average Bonchev–Trinajstić information content (AvgIpc) is 2.52. The number of hydrogen-bond acceptors (Lipinski definition) is 5. The van der Waals surface area contributed by atoms with Crippen LogP contribution >= 0.6 is 15.9 Å². The van der Waals surface area contributed by atoms with Gasteiger partial charge < -0.3 is 15.7 Å². The Morgan fingerprint density at radius 2 is 1.84 bits per heavy atom. The third kappa shape index (κ3) is 5.82. The molecule has 0 aliphatic rings. The van der Waals surface area contributed by atoms with Crippen molar-refractivity contribution in [1.82, 2.24) is 9.97 Å². The van der Waals surface area contributed by atoms with Gasteiger partial charge in [-0.15, -0.1) is 0 Å². The number of carboxylic acids is 1. The van der Waals surface area contributed by atoms with Gasteiger partial charge in [0.25, 0.3) is 0 Å². The average molecular weight is 407 g/mol. The Bertz CT molecular complexity index is 775. The number of halogens is 1. The Morgan fingerprint density at radius 3 is 2.48 bits per heavy atom. The van der Waals surface area contributed by atoms with Crippen molar-refractivity contribution in [2.45, 2.75) is 26.7 Å². The van der Waals surface area contributed by atoms with Crippen LogP contribution in [-0.2, 0) is 4.79 Å². The van der Waals surface area contributed by atoms with Gasteiger partial charge in [-0.05, 0) is 44.5 Å². The number of aromatic nitrogens is 2. The zero-order valence-electron chi connectivity index (χ0n) is 14.0. The van der Waals surface area contributed by atoms with Gasteiger partial charge in [0, 0.05) is 28.8 Å². The Hall–Kier alpha value is -2.48. The number of aryl methyl sites for hydroxylation is 2. The molecule has 0 saturated heterocycles. The molecule has 132 valence electrons. The van der Waals surface area contributed by atoms with Crippen molar-refractivity contribution in [2.75, 3.05) is 17.2 Å². The maximum atomic E-state index is 12.0. The van der Waals surface area contributed by atoms with Crippen LogP contribution in [-0.4, -0.2) is 33.5 Å². The topological polar surface area (TPSA) is 104 Å². The van der Waals surface area contributed by atoms with Crippen molar-refractivity contribution in [3.63, 3.8) is 0 Å². The normalized spacial score (nSPS) is 10.4. The molecule has 1 amide bonds. The fourth-order valence-electron chi connectivity index (χ4n) is 2.27. The Kier molecular flexibility index (Phi) is 6.46. The van der Waals surface area contributed by atoms with Crippen molar-refractivity contribution in [3.05, 3.63) is 45.7 Å². The van der Waals surface area contributed by atoms with Crippen LogP contribution in [0.5, 0.6) is 0 Å². The monoisotopic (exact) mass is 406 g/mol. The third-order valence-corrected chi connectivity index (χ3v) is 3.83. The van der Waals surface area contributed by atoms with Gasteiger partial charge in [-0.1, -0.05) is 15.9 Å². The van der Waals surface area contributed by atoms with Crippen LogP contribution in [0, 0.1) is 13.8 Å². The number of amides is 1. The summed E-state index contributed by atoms with van der Waals surface area (Å²) in [4.78, 5) is 31.8. The lowest BCUT2D eigenvalue weighted by Crippen LogP contribution is -2.16. The predicted molar refractivity (Wildman–Crippen MR) is 99.0 cm³/mol.